The van der Waals surface area contributed by atoms with Crippen LogP contribution >= 0.6 is 0 Å². The second-order valence-corrected chi connectivity index (χ2v) is 15.1. The fourth-order valence-electron chi connectivity index (χ4n) is 9.16. The first-order valence-electron chi connectivity index (χ1n) is 19.8. The van der Waals surface area contributed by atoms with Gasteiger partial charge in [0.25, 0.3) is 0 Å². The average Bonchev–Trinajstić information content (AvgIpc) is 3.88. The molecule has 10 aromatic carbocycles. The molecule has 0 atom stereocenters. The van der Waals surface area contributed by atoms with Gasteiger partial charge in [-0.1, -0.05) is 164 Å². The highest BCUT2D eigenvalue weighted by atomic mass is 16.3. The molecule has 2 aromatic heterocycles. The van der Waals surface area contributed by atoms with Gasteiger partial charge in [0.1, 0.15) is 17.0 Å². The topological polar surface area (TPSA) is 31.0 Å². The lowest BCUT2D eigenvalue weighted by molar-refractivity contribution is 0.669. The van der Waals surface area contributed by atoms with Gasteiger partial charge in [-0.2, -0.15) is 0 Å². The maximum absolute atomic E-state index is 6.44. The highest BCUT2D eigenvalue weighted by molar-refractivity contribution is 6.26. The van der Waals surface area contributed by atoms with E-state index in [0.717, 1.165) is 55.6 Å². The molecule has 270 valence electrons. The van der Waals surface area contributed by atoms with E-state index in [1.807, 2.05) is 6.07 Å². The summed E-state index contributed by atoms with van der Waals surface area (Å²) in [6.45, 7) is 0. The Morgan fingerprint density at radius 2 is 1.03 bits per heavy atom. The maximum Gasteiger partial charge on any atom is 0.145 e. The Hall–Kier alpha value is -7.75. The average molecular weight is 739 g/mol. The van der Waals surface area contributed by atoms with Crippen molar-refractivity contribution in [3.63, 3.8) is 0 Å². The fraction of sp³-hybridized carbons (Fsp3) is 0. The molecule has 3 nitrogen and oxygen atoms in total. The molecule has 0 bridgehead atoms. The van der Waals surface area contributed by atoms with E-state index in [4.69, 9.17) is 9.40 Å². The predicted molar refractivity (Wildman–Crippen MR) is 243 cm³/mol. The van der Waals surface area contributed by atoms with Crippen LogP contribution in [0, 0.1) is 0 Å². The number of nitrogens with zero attached hydrogens (tertiary/aromatic N) is 2. The Bertz CT molecular complexity index is 3560. The molecule has 0 N–H and O–H groups in total. The first-order valence-corrected chi connectivity index (χ1v) is 19.8. The molecule has 0 unspecified atom stereocenters. The zero-order chi connectivity index (χ0) is 38.2. The van der Waals surface area contributed by atoms with Crippen LogP contribution in [0.4, 0.5) is 0 Å². The van der Waals surface area contributed by atoms with Gasteiger partial charge < -0.3 is 4.42 Å². The van der Waals surface area contributed by atoms with Crippen molar-refractivity contribution >= 4 is 65.3 Å². The standard InChI is InChI=1S/C55H34N2O/c1-2-13-35(14-3-1)40-30-32-44-47(34-40)53(46-20-12-24-51-54(46)45-19-8-11-23-50(45)58-51)43-18-7-6-17-42(43)52(44)37-25-27-38(28-26-37)55-56-48-21-9-10-22-49(48)57(55)41-31-29-36-15-4-5-16-39(36)33-41/h1-34H. The Labute approximate surface area is 334 Å². The van der Waals surface area contributed by atoms with Gasteiger partial charge in [-0.25, -0.2) is 4.98 Å². The Morgan fingerprint density at radius 1 is 0.379 bits per heavy atom. The van der Waals surface area contributed by atoms with Crippen LogP contribution in [0.5, 0.6) is 0 Å². The summed E-state index contributed by atoms with van der Waals surface area (Å²) in [7, 11) is 0. The van der Waals surface area contributed by atoms with Gasteiger partial charge in [-0.3, -0.25) is 4.57 Å². The van der Waals surface area contributed by atoms with E-state index in [1.54, 1.807) is 0 Å². The van der Waals surface area contributed by atoms with Crippen molar-refractivity contribution in [2.75, 3.05) is 0 Å². The Kier molecular flexibility index (Phi) is 7.23. The highest BCUT2D eigenvalue weighted by Gasteiger charge is 2.22. The third-order valence-corrected chi connectivity index (χ3v) is 11.8. The van der Waals surface area contributed by atoms with Crippen LogP contribution < -0.4 is 0 Å². The smallest absolute Gasteiger partial charge is 0.145 e. The minimum Gasteiger partial charge on any atom is -0.456 e. The number of furan rings is 1. The third kappa shape index (κ3) is 5.04. The molecule has 0 aliphatic carbocycles. The van der Waals surface area contributed by atoms with E-state index in [0.29, 0.717) is 0 Å². The van der Waals surface area contributed by atoms with Crippen molar-refractivity contribution in [1.29, 1.82) is 0 Å². The van der Waals surface area contributed by atoms with Crippen molar-refractivity contribution in [3.05, 3.63) is 206 Å². The van der Waals surface area contributed by atoms with Gasteiger partial charge in [-0.05, 0) is 108 Å². The molecule has 12 aromatic rings. The first kappa shape index (κ1) is 32.5. The molecule has 0 spiro atoms. The molecule has 3 heteroatoms. The number of benzene rings is 10. The van der Waals surface area contributed by atoms with E-state index in [1.165, 1.54) is 60.1 Å². The number of imidazole rings is 1. The lowest BCUT2D eigenvalue weighted by atomic mass is 9.84. The van der Waals surface area contributed by atoms with E-state index < -0.39 is 0 Å². The zero-order valence-electron chi connectivity index (χ0n) is 31.4. The van der Waals surface area contributed by atoms with Crippen LogP contribution in [0.25, 0.3) is 116 Å². The third-order valence-electron chi connectivity index (χ3n) is 11.8. The number of hydrogen-bond acceptors (Lipinski definition) is 2. The van der Waals surface area contributed by atoms with Crippen molar-refractivity contribution in [1.82, 2.24) is 9.55 Å². The molecule has 58 heavy (non-hydrogen) atoms. The highest BCUT2D eigenvalue weighted by Crippen LogP contribution is 2.48. The monoisotopic (exact) mass is 738 g/mol. The molecular weight excluding hydrogens is 705 g/mol. The molecule has 12 rings (SSSR count). The Morgan fingerprint density at radius 3 is 1.90 bits per heavy atom. The summed E-state index contributed by atoms with van der Waals surface area (Å²) in [4.78, 5) is 5.22. The summed E-state index contributed by atoms with van der Waals surface area (Å²) in [6, 6.07) is 74.0. The molecule has 0 aliphatic rings. The zero-order valence-corrected chi connectivity index (χ0v) is 31.4. The van der Waals surface area contributed by atoms with E-state index >= 15 is 0 Å². The van der Waals surface area contributed by atoms with Crippen LogP contribution in [0.3, 0.4) is 0 Å². The second-order valence-electron chi connectivity index (χ2n) is 15.1. The van der Waals surface area contributed by atoms with Crippen molar-refractivity contribution < 1.29 is 4.42 Å². The van der Waals surface area contributed by atoms with E-state index in [9.17, 15) is 0 Å². The normalized spacial score (nSPS) is 11.8. The van der Waals surface area contributed by atoms with Gasteiger partial charge in [-0.15, -0.1) is 0 Å². The van der Waals surface area contributed by atoms with E-state index in [-0.39, 0.29) is 0 Å². The number of fused-ring (bicyclic) bond motifs is 7. The number of hydrogen-bond donors (Lipinski definition) is 0. The molecule has 0 saturated carbocycles. The quantitative estimate of drug-likeness (QED) is 0.165. The lowest BCUT2D eigenvalue weighted by Gasteiger charge is -2.19. The van der Waals surface area contributed by atoms with Crippen LogP contribution in [0.15, 0.2) is 211 Å². The molecular formula is C55H34N2O. The molecule has 0 radical (unpaired) electrons. The van der Waals surface area contributed by atoms with Crippen LogP contribution in [-0.4, -0.2) is 9.55 Å². The predicted octanol–water partition coefficient (Wildman–Crippen LogP) is 15.1. The SMILES string of the molecule is c1ccc(-c2ccc3c(-c4ccc(-c5nc6ccccc6n5-c5ccc6ccccc6c5)cc4)c4ccccc4c(-c4cccc5oc6ccccc6c45)c3c2)cc1. The summed E-state index contributed by atoms with van der Waals surface area (Å²) < 4.78 is 8.73. The summed E-state index contributed by atoms with van der Waals surface area (Å²) in [5.41, 5.74) is 13.1. The molecule has 2 heterocycles. The van der Waals surface area contributed by atoms with Gasteiger partial charge in [0.2, 0.25) is 0 Å². The molecule has 0 amide bonds. The Balaban J connectivity index is 1.10. The van der Waals surface area contributed by atoms with Crippen LogP contribution in [0.2, 0.25) is 0 Å². The summed E-state index contributed by atoms with van der Waals surface area (Å²) >= 11 is 0. The van der Waals surface area contributed by atoms with Crippen LogP contribution in [0.1, 0.15) is 0 Å². The number of rotatable bonds is 5. The lowest BCUT2D eigenvalue weighted by Crippen LogP contribution is -1.98. The van der Waals surface area contributed by atoms with Crippen LogP contribution in [-0.2, 0) is 0 Å². The van der Waals surface area contributed by atoms with Gasteiger partial charge >= 0.3 is 0 Å². The summed E-state index contributed by atoms with van der Waals surface area (Å²) in [5.74, 6) is 0.918. The van der Waals surface area contributed by atoms with Crippen molar-refractivity contribution in [2.45, 2.75) is 0 Å². The van der Waals surface area contributed by atoms with Gasteiger partial charge in [0.15, 0.2) is 0 Å². The molecule has 0 fully saturated rings. The van der Waals surface area contributed by atoms with Gasteiger partial charge in [0.05, 0.1) is 11.0 Å². The first-order chi connectivity index (χ1) is 28.8. The number of para-hydroxylation sites is 3. The fourth-order valence-corrected chi connectivity index (χ4v) is 9.16. The largest absolute Gasteiger partial charge is 0.456 e. The minimum absolute atomic E-state index is 0.893. The molecule has 0 aliphatic heterocycles. The molecule has 0 saturated heterocycles. The van der Waals surface area contributed by atoms with Crippen molar-refractivity contribution in [2.24, 2.45) is 0 Å². The van der Waals surface area contributed by atoms with Gasteiger partial charge in [0, 0.05) is 22.0 Å². The maximum atomic E-state index is 6.44. The summed E-state index contributed by atoms with van der Waals surface area (Å²) in [5, 5.41) is 9.50. The second kappa shape index (κ2) is 12.9. The summed E-state index contributed by atoms with van der Waals surface area (Å²) in [6.07, 6.45) is 0. The number of aromatic nitrogens is 2. The van der Waals surface area contributed by atoms with E-state index in [2.05, 4.69) is 205 Å². The van der Waals surface area contributed by atoms with Crippen molar-refractivity contribution in [3.8, 4) is 50.5 Å². The minimum atomic E-state index is 0.893.